The number of nitrogens with zero attached hydrogens (tertiary/aromatic N) is 3. The Labute approximate surface area is 213 Å². The minimum atomic E-state index is -3.91. The summed E-state index contributed by atoms with van der Waals surface area (Å²) in [5.41, 5.74) is 2.40. The number of hydrogen-bond donors (Lipinski definition) is 1. The van der Waals surface area contributed by atoms with Crippen LogP contribution in [0.15, 0.2) is 58.6 Å². The maximum Gasteiger partial charge on any atom is 0.268 e. The summed E-state index contributed by atoms with van der Waals surface area (Å²) in [4.78, 5) is 4.93. The van der Waals surface area contributed by atoms with Crippen molar-refractivity contribution in [2.75, 3.05) is 20.7 Å². The first-order valence-corrected chi connectivity index (χ1v) is 15.2. The van der Waals surface area contributed by atoms with Crippen LogP contribution in [0.2, 0.25) is 0 Å². The van der Waals surface area contributed by atoms with Crippen molar-refractivity contribution in [1.29, 1.82) is 4.78 Å². The van der Waals surface area contributed by atoms with E-state index in [1.165, 1.54) is 32.5 Å². The summed E-state index contributed by atoms with van der Waals surface area (Å²) in [7, 11) is -3.94. The van der Waals surface area contributed by atoms with Crippen molar-refractivity contribution in [1.82, 2.24) is 13.3 Å². The molecule has 36 heavy (non-hydrogen) atoms. The molecule has 2 aliphatic rings. The lowest BCUT2D eigenvalue weighted by molar-refractivity contribution is 0.0281. The first-order chi connectivity index (χ1) is 16.8. The monoisotopic (exact) mass is 530 g/mol. The summed E-state index contributed by atoms with van der Waals surface area (Å²) in [5, 5.41) is 0. The van der Waals surface area contributed by atoms with Crippen LogP contribution in [-0.2, 0) is 24.7 Å². The van der Waals surface area contributed by atoms with Crippen molar-refractivity contribution in [2.24, 2.45) is 5.41 Å². The summed E-state index contributed by atoms with van der Waals surface area (Å²) in [6.07, 6.45) is 8.60. The SMILES string of the molecule is CN(C)S(=N)(=O)c1ccc(S(=O)(=O)n2cc([C@H]3CC[C@@]4(CC3)COC(C)(C)C4)c3ncccc32)cc1. The van der Waals surface area contributed by atoms with Crippen molar-refractivity contribution in [3.63, 3.8) is 0 Å². The lowest BCUT2D eigenvalue weighted by atomic mass is 9.67. The van der Waals surface area contributed by atoms with Gasteiger partial charge in [-0.3, -0.25) is 4.98 Å². The number of hydrogen-bond acceptors (Lipinski definition) is 6. The van der Waals surface area contributed by atoms with Gasteiger partial charge < -0.3 is 4.74 Å². The predicted molar refractivity (Wildman–Crippen MR) is 140 cm³/mol. The van der Waals surface area contributed by atoms with Crippen LogP contribution in [0.1, 0.15) is 57.4 Å². The topological polar surface area (TPSA) is 105 Å². The minimum absolute atomic E-state index is 0.0756. The van der Waals surface area contributed by atoms with Crippen molar-refractivity contribution in [3.05, 3.63) is 54.4 Å². The number of rotatable bonds is 5. The smallest absolute Gasteiger partial charge is 0.268 e. The average molecular weight is 531 g/mol. The Kier molecular flexibility index (Phi) is 6.10. The molecule has 3 aromatic rings. The number of aromatic nitrogens is 2. The molecule has 1 aromatic carbocycles. The summed E-state index contributed by atoms with van der Waals surface area (Å²) >= 11 is 0. The Hall–Kier alpha value is -2.27. The normalized spacial score (nSPS) is 26.0. The van der Waals surface area contributed by atoms with Gasteiger partial charge in [0.05, 0.1) is 33.0 Å². The summed E-state index contributed by atoms with van der Waals surface area (Å²) in [6, 6.07) is 9.31. The molecule has 1 N–H and O–H groups in total. The zero-order valence-corrected chi connectivity index (χ0v) is 22.9. The molecule has 1 spiro atoms. The van der Waals surface area contributed by atoms with Gasteiger partial charge in [-0.15, -0.1) is 0 Å². The van der Waals surface area contributed by atoms with E-state index in [0.717, 1.165) is 49.8 Å². The van der Waals surface area contributed by atoms with E-state index in [4.69, 9.17) is 9.52 Å². The summed E-state index contributed by atoms with van der Waals surface area (Å²) in [5.74, 6) is 0.239. The van der Waals surface area contributed by atoms with Gasteiger partial charge in [0.25, 0.3) is 10.0 Å². The van der Waals surface area contributed by atoms with Crippen LogP contribution in [-0.4, -0.2) is 52.2 Å². The van der Waals surface area contributed by atoms with E-state index in [1.807, 2.05) is 0 Å². The van der Waals surface area contributed by atoms with Crippen LogP contribution >= 0.6 is 0 Å². The number of nitrogens with one attached hydrogen (secondary N) is 1. The van der Waals surface area contributed by atoms with E-state index in [0.29, 0.717) is 5.52 Å². The van der Waals surface area contributed by atoms with E-state index >= 15 is 0 Å². The van der Waals surface area contributed by atoms with Gasteiger partial charge in [0, 0.05) is 32.1 Å². The molecule has 1 aliphatic carbocycles. The van der Waals surface area contributed by atoms with Crippen LogP contribution in [0, 0.1) is 10.2 Å². The highest BCUT2D eigenvalue weighted by atomic mass is 32.2. The molecule has 1 saturated carbocycles. The van der Waals surface area contributed by atoms with Gasteiger partial charge in [-0.1, -0.05) is 0 Å². The van der Waals surface area contributed by atoms with Crippen LogP contribution < -0.4 is 0 Å². The van der Waals surface area contributed by atoms with Crippen molar-refractivity contribution in [3.8, 4) is 0 Å². The largest absolute Gasteiger partial charge is 0.375 e. The third-order valence-electron chi connectivity index (χ3n) is 7.82. The third-order valence-corrected chi connectivity index (χ3v) is 11.5. The van der Waals surface area contributed by atoms with E-state index in [2.05, 4.69) is 18.8 Å². The Morgan fingerprint density at radius 3 is 2.28 bits per heavy atom. The van der Waals surface area contributed by atoms with E-state index in [1.54, 1.807) is 38.6 Å². The average Bonchev–Trinajstić information content (AvgIpc) is 3.37. The second-order valence-electron chi connectivity index (χ2n) is 11.1. The van der Waals surface area contributed by atoms with Crippen molar-refractivity contribution in [2.45, 2.75) is 67.3 Å². The number of fused-ring (bicyclic) bond motifs is 1. The fourth-order valence-corrected chi connectivity index (χ4v) is 8.18. The fourth-order valence-electron chi connectivity index (χ4n) is 5.89. The standard InChI is InChI=1S/C26H34N4O4S2/c1-25(2)17-26(18-34-25)13-11-19(12-14-26)22-16-30(23-6-5-15-28-24(22)23)36(32,33)21-9-7-20(8-10-21)35(27,31)29(3)4/h5-10,15-16,19,27H,11-14,17-18H2,1-4H3/t19-,26-,35?. The second-order valence-corrected chi connectivity index (χ2v) is 15.1. The Bertz CT molecular complexity index is 1500. The van der Waals surface area contributed by atoms with Gasteiger partial charge in [0.1, 0.15) is 9.92 Å². The van der Waals surface area contributed by atoms with Crippen molar-refractivity contribution >= 4 is 31.0 Å². The highest BCUT2D eigenvalue weighted by molar-refractivity contribution is 7.90. The molecule has 2 fully saturated rings. The Morgan fingerprint density at radius 1 is 1.06 bits per heavy atom. The molecule has 0 bridgehead atoms. The van der Waals surface area contributed by atoms with Crippen LogP contribution in [0.4, 0.5) is 0 Å². The summed E-state index contributed by atoms with van der Waals surface area (Å²) < 4.78 is 56.8. The number of ether oxygens (including phenoxy) is 1. The highest BCUT2D eigenvalue weighted by Crippen LogP contribution is 2.52. The lowest BCUT2D eigenvalue weighted by Crippen LogP contribution is -2.28. The Morgan fingerprint density at radius 2 is 1.69 bits per heavy atom. The maximum atomic E-state index is 13.7. The molecule has 3 heterocycles. The molecule has 0 radical (unpaired) electrons. The fraction of sp³-hybridized carbons (Fsp3) is 0.500. The molecule has 1 atom stereocenters. The van der Waals surface area contributed by atoms with Crippen LogP contribution in [0.3, 0.4) is 0 Å². The molecule has 1 unspecified atom stereocenters. The van der Waals surface area contributed by atoms with E-state index in [-0.39, 0.29) is 26.7 Å². The number of benzene rings is 1. The minimum Gasteiger partial charge on any atom is -0.375 e. The summed E-state index contributed by atoms with van der Waals surface area (Å²) in [6.45, 7) is 5.12. The van der Waals surface area contributed by atoms with E-state index in [9.17, 15) is 12.6 Å². The molecule has 1 saturated heterocycles. The van der Waals surface area contributed by atoms with Crippen molar-refractivity contribution < 1.29 is 17.4 Å². The van der Waals surface area contributed by atoms with Crippen LogP contribution in [0.25, 0.3) is 11.0 Å². The molecular formula is C26H34N4O4S2. The lowest BCUT2D eigenvalue weighted by Gasteiger charge is -2.36. The van der Waals surface area contributed by atoms with Gasteiger partial charge in [0.2, 0.25) is 0 Å². The zero-order chi connectivity index (χ0) is 25.9. The third kappa shape index (κ3) is 4.27. The molecule has 1 aliphatic heterocycles. The van der Waals surface area contributed by atoms with Gasteiger partial charge in [-0.05, 0) is 93.7 Å². The zero-order valence-electron chi connectivity index (χ0n) is 21.2. The van der Waals surface area contributed by atoms with Crippen LogP contribution in [0.5, 0.6) is 0 Å². The number of pyridine rings is 1. The molecule has 0 amide bonds. The van der Waals surface area contributed by atoms with Gasteiger partial charge >= 0.3 is 0 Å². The van der Waals surface area contributed by atoms with Gasteiger partial charge in [-0.25, -0.2) is 25.7 Å². The molecule has 10 heteroatoms. The quantitative estimate of drug-likeness (QED) is 0.500. The highest BCUT2D eigenvalue weighted by Gasteiger charge is 2.46. The van der Waals surface area contributed by atoms with Gasteiger partial charge in [-0.2, -0.15) is 0 Å². The first-order valence-electron chi connectivity index (χ1n) is 12.3. The second kappa shape index (κ2) is 8.65. The first kappa shape index (κ1) is 25.4. The molecule has 194 valence electrons. The Balaban J connectivity index is 1.48. The molecule has 2 aromatic heterocycles. The molecule has 5 rings (SSSR count). The molecule has 8 nitrogen and oxygen atoms in total. The predicted octanol–water partition coefficient (Wildman–Crippen LogP) is 5.00. The van der Waals surface area contributed by atoms with E-state index < -0.39 is 19.9 Å². The maximum absolute atomic E-state index is 13.7. The van der Waals surface area contributed by atoms with Gasteiger partial charge in [0.15, 0.2) is 0 Å². The molecular weight excluding hydrogens is 496 g/mol.